The lowest BCUT2D eigenvalue weighted by atomic mass is 9.69. The second kappa shape index (κ2) is 11.1. The highest BCUT2D eigenvalue weighted by Gasteiger charge is 2.43. The van der Waals surface area contributed by atoms with Gasteiger partial charge >= 0.3 is 0 Å². The van der Waals surface area contributed by atoms with Crippen LogP contribution in [-0.2, 0) is 11.2 Å². The first kappa shape index (κ1) is 26.0. The summed E-state index contributed by atoms with van der Waals surface area (Å²) in [5, 5.41) is 0. The molecule has 2 saturated heterocycles. The van der Waals surface area contributed by atoms with Crippen molar-refractivity contribution in [2.75, 3.05) is 57.5 Å². The van der Waals surface area contributed by atoms with Crippen molar-refractivity contribution in [1.29, 1.82) is 0 Å². The van der Waals surface area contributed by atoms with Crippen LogP contribution in [0.5, 0.6) is 11.5 Å². The quantitative estimate of drug-likeness (QED) is 0.445. The Morgan fingerprint density at radius 3 is 2.77 bits per heavy atom. The van der Waals surface area contributed by atoms with Gasteiger partial charge in [-0.15, -0.1) is 0 Å². The van der Waals surface area contributed by atoms with E-state index in [0.717, 1.165) is 75.1 Å². The molecule has 2 aromatic heterocycles. The molecule has 1 amide bonds. The summed E-state index contributed by atoms with van der Waals surface area (Å²) < 4.78 is 19.6. The smallest absolute Gasteiger partial charge is 0.231 e. The number of ether oxygens (including phenoxy) is 2. The average molecular weight is 563 g/mol. The number of likely N-dealkylation sites (tertiary alicyclic amines) is 1. The monoisotopic (exact) mass is 562 g/mol. The van der Waals surface area contributed by atoms with Gasteiger partial charge in [-0.25, -0.2) is 4.98 Å². The van der Waals surface area contributed by atoms with E-state index in [1.54, 1.807) is 0 Å². The maximum Gasteiger partial charge on any atom is 0.231 e. The van der Waals surface area contributed by atoms with Gasteiger partial charge in [0.1, 0.15) is 11.3 Å². The molecule has 1 aromatic carbocycles. The van der Waals surface area contributed by atoms with Crippen molar-refractivity contribution < 1.29 is 14.3 Å². The summed E-state index contributed by atoms with van der Waals surface area (Å²) in [6.45, 7) is 8.80. The number of piperidine rings is 1. The summed E-state index contributed by atoms with van der Waals surface area (Å²) in [4.78, 5) is 25.8. The number of piperazine rings is 1. The number of fused-ring (bicyclic) bond motifs is 3. The standard InChI is InChI=1S/C30H38N6O3S/c1-20(14-21-6-8-26-27(15-21)39-19-38-26)16-34-17-22-4-2-3-5-23(22)24(18-34)30(37)36-12-10-35(11-13-36)28-9-7-25-29(31-28)33-40-32-25/h6-9,15,20,22-24H,2-5,10-14,16-19H2,1H3. The van der Waals surface area contributed by atoms with E-state index in [1.807, 2.05) is 18.2 Å². The van der Waals surface area contributed by atoms with Gasteiger partial charge in [0.2, 0.25) is 12.7 Å². The predicted octanol–water partition coefficient (Wildman–Crippen LogP) is 4.08. The van der Waals surface area contributed by atoms with E-state index in [-0.39, 0.29) is 5.92 Å². The number of anilines is 1. The second-order valence-electron chi connectivity index (χ2n) is 12.1. The van der Waals surface area contributed by atoms with E-state index >= 15 is 0 Å². The lowest BCUT2D eigenvalue weighted by Crippen LogP contribution is -2.57. The van der Waals surface area contributed by atoms with Gasteiger partial charge in [0.05, 0.1) is 17.6 Å². The van der Waals surface area contributed by atoms with Crippen molar-refractivity contribution >= 4 is 34.6 Å². The van der Waals surface area contributed by atoms with Gasteiger partial charge in [-0.05, 0) is 66.8 Å². The number of hydrogen-bond donors (Lipinski definition) is 0. The zero-order valence-corrected chi connectivity index (χ0v) is 24.0. The molecule has 1 aliphatic carbocycles. The lowest BCUT2D eigenvalue weighted by molar-refractivity contribution is -0.142. The molecule has 40 heavy (non-hydrogen) atoms. The Morgan fingerprint density at radius 1 is 1.02 bits per heavy atom. The molecule has 4 aliphatic rings. The highest BCUT2D eigenvalue weighted by Crippen LogP contribution is 2.41. The zero-order valence-electron chi connectivity index (χ0n) is 23.2. The average Bonchev–Trinajstić information content (AvgIpc) is 3.65. The molecule has 0 radical (unpaired) electrons. The molecule has 3 fully saturated rings. The van der Waals surface area contributed by atoms with Gasteiger partial charge in [0, 0.05) is 45.8 Å². The molecule has 0 bridgehead atoms. The first-order chi connectivity index (χ1) is 19.6. The molecule has 0 spiro atoms. The Hall–Kier alpha value is -2.98. The minimum absolute atomic E-state index is 0.110. The largest absolute Gasteiger partial charge is 0.454 e. The molecule has 3 aromatic rings. The SMILES string of the molecule is CC(Cc1ccc2c(c1)OCO2)CN1CC2CCCCC2C(C(=O)N2CCN(c3ccc4nsnc4n3)CC2)C1. The molecule has 10 heteroatoms. The van der Waals surface area contributed by atoms with Gasteiger partial charge in [-0.3, -0.25) is 4.79 Å². The topological polar surface area (TPSA) is 83.9 Å². The summed E-state index contributed by atoms with van der Waals surface area (Å²) in [5.41, 5.74) is 2.84. The van der Waals surface area contributed by atoms with Crippen LogP contribution in [0.15, 0.2) is 30.3 Å². The molecule has 7 rings (SSSR count). The Labute approximate surface area is 239 Å². The van der Waals surface area contributed by atoms with Crippen LogP contribution in [0.2, 0.25) is 0 Å². The highest BCUT2D eigenvalue weighted by molar-refractivity contribution is 7.00. The fraction of sp³-hybridized carbons (Fsp3) is 0.600. The summed E-state index contributed by atoms with van der Waals surface area (Å²) in [6, 6.07) is 10.3. The van der Waals surface area contributed by atoms with Crippen molar-refractivity contribution in [3.05, 3.63) is 35.9 Å². The first-order valence-electron chi connectivity index (χ1n) is 14.8. The number of amides is 1. The Bertz CT molecular complexity index is 1360. The van der Waals surface area contributed by atoms with Crippen LogP contribution in [0, 0.1) is 23.7 Å². The molecule has 1 saturated carbocycles. The molecular weight excluding hydrogens is 524 g/mol. The van der Waals surface area contributed by atoms with E-state index < -0.39 is 0 Å². The van der Waals surface area contributed by atoms with Crippen LogP contribution in [0.1, 0.15) is 38.2 Å². The summed E-state index contributed by atoms with van der Waals surface area (Å²) in [6.07, 6.45) is 6.02. The fourth-order valence-corrected chi connectivity index (χ4v) is 7.92. The molecule has 3 aliphatic heterocycles. The van der Waals surface area contributed by atoms with Gasteiger partial charge in [-0.1, -0.05) is 25.8 Å². The molecule has 4 unspecified atom stereocenters. The van der Waals surface area contributed by atoms with Crippen LogP contribution < -0.4 is 14.4 Å². The molecular formula is C30H38N6O3S. The number of carbonyl (C=O) groups is 1. The Kier molecular flexibility index (Phi) is 7.22. The number of benzene rings is 1. The summed E-state index contributed by atoms with van der Waals surface area (Å²) in [5.74, 6) is 4.77. The third-order valence-corrected chi connectivity index (χ3v) is 9.90. The van der Waals surface area contributed by atoms with Crippen molar-refractivity contribution in [2.45, 2.75) is 39.0 Å². The minimum Gasteiger partial charge on any atom is -0.454 e. The van der Waals surface area contributed by atoms with E-state index in [9.17, 15) is 4.79 Å². The van der Waals surface area contributed by atoms with Crippen LogP contribution in [-0.4, -0.2) is 82.0 Å². The number of rotatable bonds is 6. The molecule has 4 atom stereocenters. The Balaban J connectivity index is 0.988. The van der Waals surface area contributed by atoms with Crippen molar-refractivity contribution in [3.63, 3.8) is 0 Å². The summed E-state index contributed by atoms with van der Waals surface area (Å²) >= 11 is 1.20. The van der Waals surface area contributed by atoms with Crippen LogP contribution in [0.25, 0.3) is 11.2 Å². The van der Waals surface area contributed by atoms with Crippen LogP contribution >= 0.6 is 11.7 Å². The number of nitrogens with zero attached hydrogens (tertiary/aromatic N) is 6. The van der Waals surface area contributed by atoms with E-state index in [4.69, 9.17) is 14.5 Å². The van der Waals surface area contributed by atoms with Gasteiger partial charge in [-0.2, -0.15) is 8.75 Å². The van der Waals surface area contributed by atoms with Crippen LogP contribution in [0.4, 0.5) is 5.82 Å². The van der Waals surface area contributed by atoms with Gasteiger partial charge in [0.25, 0.3) is 0 Å². The Morgan fingerprint density at radius 2 is 1.88 bits per heavy atom. The molecule has 212 valence electrons. The van der Waals surface area contributed by atoms with Gasteiger partial charge < -0.3 is 24.2 Å². The van der Waals surface area contributed by atoms with Crippen LogP contribution in [0.3, 0.4) is 0 Å². The molecule has 9 nitrogen and oxygen atoms in total. The third-order valence-electron chi connectivity index (χ3n) is 9.36. The van der Waals surface area contributed by atoms with E-state index in [2.05, 4.69) is 42.5 Å². The molecule has 0 N–H and O–H groups in total. The zero-order chi connectivity index (χ0) is 27.1. The van der Waals surface area contributed by atoms with E-state index in [0.29, 0.717) is 36.1 Å². The fourth-order valence-electron chi connectivity index (χ4n) is 7.44. The van der Waals surface area contributed by atoms with Gasteiger partial charge in [0.15, 0.2) is 17.1 Å². The maximum absolute atomic E-state index is 14.0. The predicted molar refractivity (Wildman–Crippen MR) is 155 cm³/mol. The minimum atomic E-state index is 0.110. The lowest BCUT2D eigenvalue weighted by Gasteiger charge is -2.48. The molecule has 5 heterocycles. The number of pyridine rings is 1. The van der Waals surface area contributed by atoms with Crippen molar-refractivity contribution in [1.82, 2.24) is 23.5 Å². The van der Waals surface area contributed by atoms with Crippen molar-refractivity contribution in [3.8, 4) is 11.5 Å². The normalized spacial score (nSPS) is 25.7. The number of carbonyl (C=O) groups excluding carboxylic acids is 1. The number of aromatic nitrogens is 3. The summed E-state index contributed by atoms with van der Waals surface area (Å²) in [7, 11) is 0. The maximum atomic E-state index is 14.0. The first-order valence-corrected chi connectivity index (χ1v) is 15.6. The van der Waals surface area contributed by atoms with E-state index in [1.165, 1.54) is 43.0 Å². The second-order valence-corrected chi connectivity index (χ2v) is 12.6. The highest BCUT2D eigenvalue weighted by atomic mass is 32.1. The van der Waals surface area contributed by atoms with Crippen molar-refractivity contribution in [2.24, 2.45) is 23.7 Å². The third kappa shape index (κ3) is 5.23. The number of hydrogen-bond acceptors (Lipinski definition) is 9.